The van der Waals surface area contributed by atoms with Crippen molar-refractivity contribution in [1.82, 2.24) is 0 Å². The zero-order valence-electron chi connectivity index (χ0n) is 9.89. The van der Waals surface area contributed by atoms with E-state index in [9.17, 15) is 9.59 Å². The highest BCUT2D eigenvalue weighted by molar-refractivity contribution is 9.10. The second-order valence-corrected chi connectivity index (χ2v) is 5.23. The van der Waals surface area contributed by atoms with Crippen molar-refractivity contribution in [1.29, 1.82) is 0 Å². The molecule has 2 nitrogen and oxygen atoms in total. The summed E-state index contributed by atoms with van der Waals surface area (Å²) in [6, 6.07) is 14.5. The van der Waals surface area contributed by atoms with Gasteiger partial charge in [-0.2, -0.15) is 0 Å². The summed E-state index contributed by atoms with van der Waals surface area (Å²) in [7, 11) is 0. The Labute approximate surface area is 118 Å². The summed E-state index contributed by atoms with van der Waals surface area (Å²) in [6.07, 6.45) is 1.78. The minimum atomic E-state index is -0.443. The van der Waals surface area contributed by atoms with Gasteiger partial charge in [0, 0.05) is 15.6 Å². The van der Waals surface area contributed by atoms with Crippen LogP contribution in [0.1, 0.15) is 21.5 Å². The molecule has 0 spiro atoms. The average molecular weight is 313 g/mol. The molecule has 0 N–H and O–H groups in total. The number of halogens is 1. The first-order valence-electron chi connectivity index (χ1n) is 5.82. The number of allylic oxidation sites excluding steroid dienone is 1. The number of rotatable bonds is 1. The van der Waals surface area contributed by atoms with E-state index < -0.39 is 11.6 Å². The maximum absolute atomic E-state index is 12.1. The van der Waals surface area contributed by atoms with E-state index in [2.05, 4.69) is 15.9 Å². The lowest BCUT2D eigenvalue weighted by molar-refractivity contribution is -0.110. The lowest BCUT2D eigenvalue weighted by Gasteiger charge is -2.14. The van der Waals surface area contributed by atoms with Gasteiger partial charge < -0.3 is 0 Å². The molecule has 0 unspecified atom stereocenters. The van der Waals surface area contributed by atoms with Gasteiger partial charge in [-0.25, -0.2) is 0 Å². The Hall–Kier alpha value is -2.00. The second-order valence-electron chi connectivity index (χ2n) is 4.31. The third kappa shape index (κ3) is 2.06. The highest BCUT2D eigenvalue weighted by Crippen LogP contribution is 2.28. The van der Waals surface area contributed by atoms with Gasteiger partial charge >= 0.3 is 0 Å². The van der Waals surface area contributed by atoms with E-state index in [1.54, 1.807) is 18.2 Å². The zero-order chi connectivity index (χ0) is 13.4. The number of carbonyl (C=O) groups is 2. The van der Waals surface area contributed by atoms with Crippen LogP contribution in [0, 0.1) is 0 Å². The largest absolute Gasteiger partial charge is 0.285 e. The number of hydrogen-bond acceptors (Lipinski definition) is 2. The van der Waals surface area contributed by atoms with Crippen LogP contribution >= 0.6 is 15.9 Å². The molecule has 0 bridgehead atoms. The first kappa shape index (κ1) is 12.1. The number of hydrogen-bond donors (Lipinski definition) is 0. The Bertz CT molecular complexity index is 712. The molecule has 0 saturated carbocycles. The molecule has 3 rings (SSSR count). The molecule has 0 amide bonds. The number of carbonyl (C=O) groups excluding carboxylic acids is 2. The lowest BCUT2D eigenvalue weighted by atomic mass is 9.87. The molecule has 0 atom stereocenters. The molecule has 1 aliphatic rings. The maximum Gasteiger partial charge on any atom is 0.234 e. The molecule has 0 radical (unpaired) electrons. The monoisotopic (exact) mass is 312 g/mol. The fourth-order valence-corrected chi connectivity index (χ4v) is 2.40. The first-order valence-corrected chi connectivity index (χ1v) is 6.62. The average Bonchev–Trinajstić information content (AvgIpc) is 2.44. The summed E-state index contributed by atoms with van der Waals surface area (Å²) in [5.74, 6) is -0.878. The number of fused-ring (bicyclic) bond motifs is 1. The van der Waals surface area contributed by atoms with Gasteiger partial charge in [-0.15, -0.1) is 0 Å². The normalized spacial score (nSPS) is 14.1. The molecule has 0 aromatic heterocycles. The van der Waals surface area contributed by atoms with Gasteiger partial charge in [-0.05, 0) is 29.3 Å². The van der Waals surface area contributed by atoms with Crippen LogP contribution in [-0.2, 0) is 4.79 Å². The van der Waals surface area contributed by atoms with Crippen molar-refractivity contribution in [2.45, 2.75) is 0 Å². The first-order chi connectivity index (χ1) is 9.16. The third-order valence-corrected chi connectivity index (χ3v) is 3.64. The number of Topliss-reactive ketones (excluding diaryl/α,β-unsaturated/α-hetero) is 2. The lowest BCUT2D eigenvalue weighted by Crippen LogP contribution is -2.20. The van der Waals surface area contributed by atoms with Crippen LogP contribution in [0.2, 0.25) is 0 Å². The minimum absolute atomic E-state index is 0.434. The van der Waals surface area contributed by atoms with Gasteiger partial charge in [-0.1, -0.05) is 52.3 Å². The Morgan fingerprint density at radius 3 is 2.21 bits per heavy atom. The number of benzene rings is 2. The van der Waals surface area contributed by atoms with E-state index in [4.69, 9.17) is 0 Å². The van der Waals surface area contributed by atoms with Crippen molar-refractivity contribution in [3.05, 3.63) is 69.7 Å². The number of ketones is 2. The SMILES string of the molecule is O=C1C(=O)c2ccccc2C=C1c1ccc(Br)cc1. The van der Waals surface area contributed by atoms with E-state index in [1.165, 1.54) is 0 Å². The predicted molar refractivity (Wildman–Crippen MR) is 77.8 cm³/mol. The Morgan fingerprint density at radius 1 is 0.789 bits per heavy atom. The fraction of sp³-hybridized carbons (Fsp3) is 0. The highest BCUT2D eigenvalue weighted by atomic mass is 79.9. The molecule has 19 heavy (non-hydrogen) atoms. The van der Waals surface area contributed by atoms with E-state index in [0.29, 0.717) is 11.1 Å². The van der Waals surface area contributed by atoms with Crippen molar-refractivity contribution in [2.24, 2.45) is 0 Å². The third-order valence-electron chi connectivity index (χ3n) is 3.11. The zero-order valence-corrected chi connectivity index (χ0v) is 11.5. The maximum atomic E-state index is 12.1. The van der Waals surface area contributed by atoms with Crippen molar-refractivity contribution >= 4 is 39.1 Å². The summed E-state index contributed by atoms with van der Waals surface area (Å²) in [4.78, 5) is 24.2. The molecule has 0 heterocycles. The topological polar surface area (TPSA) is 34.1 Å². The van der Waals surface area contributed by atoms with Gasteiger partial charge in [-0.3, -0.25) is 9.59 Å². The van der Waals surface area contributed by atoms with Gasteiger partial charge in [0.05, 0.1) is 0 Å². The van der Waals surface area contributed by atoms with Crippen LogP contribution in [0.15, 0.2) is 53.0 Å². The van der Waals surface area contributed by atoms with Gasteiger partial charge in [0.2, 0.25) is 11.6 Å². The smallest absolute Gasteiger partial charge is 0.234 e. The van der Waals surface area contributed by atoms with Crippen molar-refractivity contribution in [2.75, 3.05) is 0 Å². The second kappa shape index (κ2) is 4.59. The molecule has 0 aliphatic heterocycles. The summed E-state index contributed by atoms with van der Waals surface area (Å²) in [6.45, 7) is 0. The van der Waals surface area contributed by atoms with E-state index in [1.807, 2.05) is 36.4 Å². The van der Waals surface area contributed by atoms with Crippen molar-refractivity contribution in [3.8, 4) is 0 Å². The Morgan fingerprint density at radius 2 is 1.47 bits per heavy atom. The highest BCUT2D eigenvalue weighted by Gasteiger charge is 2.27. The van der Waals surface area contributed by atoms with E-state index in [0.717, 1.165) is 15.6 Å². The predicted octanol–water partition coefficient (Wildman–Crippen LogP) is 3.76. The molecular weight excluding hydrogens is 304 g/mol. The van der Waals surface area contributed by atoms with Gasteiger partial charge in [0.1, 0.15) is 0 Å². The van der Waals surface area contributed by atoms with E-state index >= 15 is 0 Å². The van der Waals surface area contributed by atoms with Gasteiger partial charge in [0.15, 0.2) is 0 Å². The summed E-state index contributed by atoms with van der Waals surface area (Å²) < 4.78 is 0.937. The summed E-state index contributed by atoms with van der Waals surface area (Å²) in [5.41, 5.74) is 2.49. The van der Waals surface area contributed by atoms with Crippen LogP contribution in [0.25, 0.3) is 11.6 Å². The van der Waals surface area contributed by atoms with Crippen LogP contribution in [-0.4, -0.2) is 11.6 Å². The van der Waals surface area contributed by atoms with Gasteiger partial charge in [0.25, 0.3) is 0 Å². The molecule has 0 fully saturated rings. The molecule has 92 valence electrons. The molecule has 3 heteroatoms. The Kier molecular flexibility index (Phi) is 2.91. The summed E-state index contributed by atoms with van der Waals surface area (Å²) in [5, 5.41) is 0. The Balaban J connectivity index is 2.17. The van der Waals surface area contributed by atoms with Crippen molar-refractivity contribution < 1.29 is 9.59 Å². The van der Waals surface area contributed by atoms with Crippen LogP contribution < -0.4 is 0 Å². The standard InChI is InChI=1S/C16H9BrO2/c17-12-7-5-10(6-8-12)14-9-11-3-1-2-4-13(11)15(18)16(14)19/h1-9H. The van der Waals surface area contributed by atoms with Crippen molar-refractivity contribution in [3.63, 3.8) is 0 Å². The quantitative estimate of drug-likeness (QED) is 0.751. The van der Waals surface area contributed by atoms with Crippen LogP contribution in [0.4, 0.5) is 0 Å². The minimum Gasteiger partial charge on any atom is -0.285 e. The van der Waals surface area contributed by atoms with Crippen LogP contribution in [0.3, 0.4) is 0 Å². The molecule has 2 aromatic rings. The molecular formula is C16H9BrO2. The molecule has 0 saturated heterocycles. The molecule has 1 aliphatic carbocycles. The van der Waals surface area contributed by atoms with Crippen LogP contribution in [0.5, 0.6) is 0 Å². The van der Waals surface area contributed by atoms with E-state index in [-0.39, 0.29) is 0 Å². The summed E-state index contributed by atoms with van der Waals surface area (Å²) >= 11 is 3.35. The molecule has 2 aromatic carbocycles. The fourth-order valence-electron chi connectivity index (χ4n) is 2.14.